The molecule has 1 amide bonds. The average molecular weight is 442 g/mol. The largest absolute Gasteiger partial charge is 0.281 e. The van der Waals surface area contributed by atoms with E-state index in [9.17, 15) is 4.79 Å². The summed E-state index contributed by atoms with van der Waals surface area (Å²) >= 11 is 1.50. The van der Waals surface area contributed by atoms with Crippen molar-refractivity contribution in [3.63, 3.8) is 0 Å². The number of thioether (sulfide) groups is 1. The Labute approximate surface area is 193 Å². The highest BCUT2D eigenvalue weighted by Crippen LogP contribution is 2.39. The molecule has 3 aromatic rings. The van der Waals surface area contributed by atoms with Crippen molar-refractivity contribution < 1.29 is 4.79 Å². The molecule has 0 spiro atoms. The molecule has 5 rings (SSSR count). The number of hydrogen-bond donors (Lipinski definition) is 1. The molecular formula is C27H27N3OS. The summed E-state index contributed by atoms with van der Waals surface area (Å²) in [7, 11) is 0. The van der Waals surface area contributed by atoms with E-state index >= 15 is 0 Å². The maximum atomic E-state index is 13.0. The van der Waals surface area contributed by atoms with Crippen LogP contribution in [0, 0.1) is 5.92 Å². The molecular weight excluding hydrogens is 414 g/mol. The fraction of sp³-hybridized carbons (Fsp3) is 0.259. The highest BCUT2D eigenvalue weighted by molar-refractivity contribution is 8.05. The van der Waals surface area contributed by atoms with Gasteiger partial charge >= 0.3 is 0 Å². The van der Waals surface area contributed by atoms with E-state index in [2.05, 4.69) is 80.8 Å². The lowest BCUT2D eigenvalue weighted by molar-refractivity contribution is -0.127. The van der Waals surface area contributed by atoms with Crippen LogP contribution in [0.25, 0.3) is 16.8 Å². The van der Waals surface area contributed by atoms with Crippen LogP contribution in [0.1, 0.15) is 43.4 Å². The molecule has 5 heteroatoms. The monoisotopic (exact) mass is 441 g/mol. The summed E-state index contributed by atoms with van der Waals surface area (Å²) in [6.07, 6.45) is 3.05. The molecule has 0 bridgehead atoms. The predicted molar refractivity (Wildman–Crippen MR) is 134 cm³/mol. The van der Waals surface area contributed by atoms with Crippen LogP contribution in [0.5, 0.6) is 0 Å². The number of benzene rings is 3. The van der Waals surface area contributed by atoms with Gasteiger partial charge in [-0.25, -0.2) is 10.0 Å². The number of hydrazine groups is 1. The summed E-state index contributed by atoms with van der Waals surface area (Å²) in [5.74, 6) is 1.57. The van der Waals surface area contributed by atoms with Gasteiger partial charge in [0.25, 0.3) is 5.91 Å². The van der Waals surface area contributed by atoms with E-state index in [0.717, 1.165) is 17.8 Å². The van der Waals surface area contributed by atoms with Crippen molar-refractivity contribution in [3.8, 4) is 0 Å². The van der Waals surface area contributed by atoms with Crippen LogP contribution >= 0.6 is 11.8 Å². The number of carbonyl (C=O) groups is 1. The minimum Gasteiger partial charge on any atom is -0.279 e. The average Bonchev–Trinajstić information content (AvgIpc) is 3.33. The second-order valence-electron chi connectivity index (χ2n) is 8.92. The Hall–Kier alpha value is -3.05. The normalized spacial score (nSPS) is 20.1. The summed E-state index contributed by atoms with van der Waals surface area (Å²) in [5, 5.41) is 4.02. The number of amidine groups is 1. The van der Waals surface area contributed by atoms with Gasteiger partial charge in [-0.3, -0.25) is 10.2 Å². The van der Waals surface area contributed by atoms with Crippen LogP contribution in [0.3, 0.4) is 0 Å². The van der Waals surface area contributed by atoms with Crippen molar-refractivity contribution in [2.75, 3.05) is 0 Å². The SMILES string of the molecule is CC(C)Cc1ccc(C(C)C2=NC3S/C(=C/c4ccc5ccccc5c4)C(=O)N3N2)cc1. The minimum atomic E-state index is -0.244. The molecule has 0 saturated carbocycles. The van der Waals surface area contributed by atoms with Crippen molar-refractivity contribution in [1.29, 1.82) is 0 Å². The van der Waals surface area contributed by atoms with E-state index in [0.29, 0.717) is 10.8 Å². The van der Waals surface area contributed by atoms with Gasteiger partial charge in [-0.1, -0.05) is 93.2 Å². The molecule has 2 heterocycles. The minimum absolute atomic E-state index is 0.0219. The quantitative estimate of drug-likeness (QED) is 0.497. The topological polar surface area (TPSA) is 44.7 Å². The molecule has 3 aromatic carbocycles. The molecule has 2 aliphatic rings. The molecule has 32 heavy (non-hydrogen) atoms. The van der Waals surface area contributed by atoms with Crippen molar-refractivity contribution in [1.82, 2.24) is 10.4 Å². The summed E-state index contributed by atoms with van der Waals surface area (Å²) in [6, 6.07) is 23.3. The molecule has 0 radical (unpaired) electrons. The van der Waals surface area contributed by atoms with E-state index in [-0.39, 0.29) is 17.3 Å². The smallest absolute Gasteiger partial charge is 0.279 e. The van der Waals surface area contributed by atoms with Crippen molar-refractivity contribution in [3.05, 3.63) is 88.3 Å². The first-order valence-corrected chi connectivity index (χ1v) is 12.0. The molecule has 0 aromatic heterocycles. The first kappa shape index (κ1) is 20.8. The summed E-state index contributed by atoms with van der Waals surface area (Å²) < 4.78 is 0. The van der Waals surface area contributed by atoms with Crippen LogP contribution in [0.15, 0.2) is 76.6 Å². The Bertz CT molecular complexity index is 1230. The first-order valence-electron chi connectivity index (χ1n) is 11.1. The maximum Gasteiger partial charge on any atom is 0.281 e. The summed E-state index contributed by atoms with van der Waals surface area (Å²) in [4.78, 5) is 18.5. The van der Waals surface area contributed by atoms with Crippen LogP contribution in [-0.2, 0) is 11.2 Å². The lowest BCUT2D eigenvalue weighted by Gasteiger charge is -2.17. The maximum absolute atomic E-state index is 13.0. The number of hydrogen-bond acceptors (Lipinski definition) is 4. The fourth-order valence-corrected chi connectivity index (χ4v) is 5.27. The molecule has 1 N–H and O–H groups in total. The van der Waals surface area contributed by atoms with Crippen molar-refractivity contribution in [2.24, 2.45) is 10.9 Å². The van der Waals surface area contributed by atoms with Gasteiger partial charge in [-0.05, 0) is 51.9 Å². The third-order valence-corrected chi connectivity index (χ3v) is 7.05. The number of fused-ring (bicyclic) bond motifs is 2. The number of nitrogens with zero attached hydrogens (tertiary/aromatic N) is 2. The first-order chi connectivity index (χ1) is 15.5. The van der Waals surface area contributed by atoms with Crippen molar-refractivity contribution in [2.45, 2.75) is 38.6 Å². The van der Waals surface area contributed by atoms with Gasteiger partial charge in [-0.15, -0.1) is 0 Å². The molecule has 0 aliphatic carbocycles. The number of amides is 1. The molecule has 2 aliphatic heterocycles. The molecule has 2 unspecified atom stereocenters. The van der Waals surface area contributed by atoms with Crippen LogP contribution in [0.4, 0.5) is 0 Å². The summed E-state index contributed by atoms with van der Waals surface area (Å²) in [6.45, 7) is 6.60. The predicted octanol–water partition coefficient (Wildman–Crippen LogP) is 5.96. The van der Waals surface area contributed by atoms with E-state index in [1.807, 2.05) is 18.2 Å². The zero-order valence-electron chi connectivity index (χ0n) is 18.6. The molecule has 162 valence electrons. The van der Waals surface area contributed by atoms with Gasteiger partial charge in [0.15, 0.2) is 5.50 Å². The van der Waals surface area contributed by atoms with E-state index in [4.69, 9.17) is 4.99 Å². The Balaban J connectivity index is 1.31. The van der Waals surface area contributed by atoms with E-state index < -0.39 is 0 Å². The lowest BCUT2D eigenvalue weighted by atomic mass is 9.96. The standard InChI is InChI=1S/C27H27N3OS/c1-17(2)14-19-8-11-21(12-9-19)18(3)25-28-27-30(29-25)26(31)24(32-27)16-20-10-13-22-6-4-5-7-23(22)15-20/h4-13,15-18,27H,14H2,1-3H3,(H,28,29)/b24-16+. The second kappa shape index (κ2) is 8.47. The third kappa shape index (κ3) is 4.05. The van der Waals surface area contributed by atoms with Gasteiger partial charge in [0, 0.05) is 5.92 Å². The number of aliphatic imine (C=N–C) groups is 1. The lowest BCUT2D eigenvalue weighted by Crippen LogP contribution is -2.41. The van der Waals surface area contributed by atoms with E-state index in [1.54, 1.807) is 5.01 Å². The highest BCUT2D eigenvalue weighted by Gasteiger charge is 2.41. The Morgan fingerprint density at radius 3 is 2.50 bits per heavy atom. The molecule has 1 saturated heterocycles. The summed E-state index contributed by atoms with van der Waals surface area (Å²) in [5.41, 5.74) is 6.61. The number of rotatable bonds is 5. The van der Waals surface area contributed by atoms with Gasteiger partial charge in [0.1, 0.15) is 5.84 Å². The number of nitrogens with one attached hydrogen (secondary N) is 1. The Morgan fingerprint density at radius 1 is 1.03 bits per heavy atom. The third-order valence-electron chi connectivity index (χ3n) is 5.97. The van der Waals surface area contributed by atoms with Crippen LogP contribution in [0.2, 0.25) is 0 Å². The van der Waals surface area contributed by atoms with Crippen LogP contribution < -0.4 is 5.43 Å². The Morgan fingerprint density at radius 2 is 1.78 bits per heavy atom. The Kier molecular flexibility index (Phi) is 5.51. The van der Waals surface area contributed by atoms with Crippen molar-refractivity contribution >= 4 is 40.4 Å². The second-order valence-corrected chi connectivity index (χ2v) is 10.0. The van der Waals surface area contributed by atoms with Gasteiger partial charge in [-0.2, -0.15) is 0 Å². The zero-order chi connectivity index (χ0) is 22.2. The number of carbonyl (C=O) groups excluding carboxylic acids is 1. The molecule has 2 atom stereocenters. The fourth-order valence-electron chi connectivity index (χ4n) is 4.22. The molecule has 1 fully saturated rings. The highest BCUT2D eigenvalue weighted by atomic mass is 32.2. The zero-order valence-corrected chi connectivity index (χ0v) is 19.4. The van der Waals surface area contributed by atoms with Gasteiger partial charge in [0.2, 0.25) is 0 Å². The molecule has 4 nitrogen and oxygen atoms in total. The van der Waals surface area contributed by atoms with Crippen LogP contribution in [-0.4, -0.2) is 22.2 Å². The van der Waals surface area contributed by atoms with Gasteiger partial charge < -0.3 is 0 Å². The van der Waals surface area contributed by atoms with E-state index in [1.165, 1.54) is 33.7 Å². The van der Waals surface area contributed by atoms with Gasteiger partial charge in [0.05, 0.1) is 4.91 Å².